The van der Waals surface area contributed by atoms with Gasteiger partial charge in [0.2, 0.25) is 5.95 Å². The Morgan fingerprint density at radius 1 is 1.20 bits per heavy atom. The van der Waals surface area contributed by atoms with Gasteiger partial charge in [-0.1, -0.05) is 18.2 Å². The van der Waals surface area contributed by atoms with Crippen LogP contribution in [0.5, 0.6) is 0 Å². The average Bonchev–Trinajstić information content (AvgIpc) is 2.41. The molecule has 0 saturated heterocycles. The molecule has 2 rings (SSSR count). The van der Waals surface area contributed by atoms with Crippen LogP contribution in [-0.2, 0) is 0 Å². The van der Waals surface area contributed by atoms with E-state index in [1.54, 1.807) is 0 Å². The number of nitrogens with two attached hydrogens (primary N) is 1. The number of nitrogens with zero attached hydrogens (tertiary/aromatic N) is 3. The molecule has 0 bridgehead atoms. The SMILES string of the molecule is CN(C)c1nc(N)nc2c1C=CCC=C2. The van der Waals surface area contributed by atoms with Gasteiger partial charge in [-0.2, -0.15) is 4.98 Å². The maximum atomic E-state index is 5.66. The van der Waals surface area contributed by atoms with Crippen molar-refractivity contribution in [2.24, 2.45) is 0 Å². The number of nitrogen functional groups attached to an aromatic ring is 1. The van der Waals surface area contributed by atoms with Crippen LogP contribution in [0.3, 0.4) is 0 Å². The van der Waals surface area contributed by atoms with Crippen LogP contribution < -0.4 is 10.6 Å². The molecule has 0 amide bonds. The Hall–Kier alpha value is -1.84. The summed E-state index contributed by atoms with van der Waals surface area (Å²) in [5.74, 6) is 1.18. The topological polar surface area (TPSA) is 55.0 Å². The van der Waals surface area contributed by atoms with E-state index in [0.717, 1.165) is 23.5 Å². The highest BCUT2D eigenvalue weighted by molar-refractivity contribution is 5.74. The van der Waals surface area contributed by atoms with Crippen molar-refractivity contribution in [3.05, 3.63) is 23.4 Å². The highest BCUT2D eigenvalue weighted by Gasteiger charge is 2.11. The van der Waals surface area contributed by atoms with E-state index in [-0.39, 0.29) is 0 Å². The second-order valence-corrected chi connectivity index (χ2v) is 3.64. The molecule has 1 aliphatic rings. The molecule has 0 radical (unpaired) electrons. The fourth-order valence-electron chi connectivity index (χ4n) is 1.56. The van der Waals surface area contributed by atoms with E-state index in [0.29, 0.717) is 5.95 Å². The Bertz CT molecular complexity index is 432. The van der Waals surface area contributed by atoms with Crippen molar-refractivity contribution in [2.45, 2.75) is 6.42 Å². The highest BCUT2D eigenvalue weighted by atomic mass is 15.2. The van der Waals surface area contributed by atoms with Crippen LogP contribution in [0.2, 0.25) is 0 Å². The van der Waals surface area contributed by atoms with Crippen LogP contribution in [0.25, 0.3) is 12.2 Å². The van der Waals surface area contributed by atoms with Crippen LogP contribution in [0.15, 0.2) is 12.2 Å². The third-order valence-electron chi connectivity index (χ3n) is 2.23. The quantitative estimate of drug-likeness (QED) is 0.750. The van der Waals surface area contributed by atoms with Gasteiger partial charge in [0.1, 0.15) is 5.82 Å². The Kier molecular flexibility index (Phi) is 2.41. The van der Waals surface area contributed by atoms with Crippen molar-refractivity contribution >= 4 is 23.9 Å². The summed E-state index contributed by atoms with van der Waals surface area (Å²) in [6.07, 6.45) is 9.11. The Labute approximate surface area is 89.1 Å². The first kappa shape index (κ1) is 9.71. The maximum Gasteiger partial charge on any atom is 0.222 e. The van der Waals surface area contributed by atoms with Gasteiger partial charge in [0, 0.05) is 19.7 Å². The summed E-state index contributed by atoms with van der Waals surface area (Å²) in [5, 5.41) is 0. The minimum atomic E-state index is 0.317. The Balaban J connectivity index is 2.66. The number of aromatic nitrogens is 2. The monoisotopic (exact) mass is 202 g/mol. The lowest BCUT2D eigenvalue weighted by Crippen LogP contribution is -2.15. The van der Waals surface area contributed by atoms with Gasteiger partial charge >= 0.3 is 0 Å². The fraction of sp³-hybridized carbons (Fsp3) is 0.273. The van der Waals surface area contributed by atoms with E-state index < -0.39 is 0 Å². The zero-order chi connectivity index (χ0) is 10.8. The molecule has 15 heavy (non-hydrogen) atoms. The second kappa shape index (κ2) is 3.73. The van der Waals surface area contributed by atoms with Gasteiger partial charge in [0.15, 0.2) is 0 Å². The van der Waals surface area contributed by atoms with Gasteiger partial charge in [-0.25, -0.2) is 4.98 Å². The summed E-state index contributed by atoms with van der Waals surface area (Å²) in [6, 6.07) is 0. The number of anilines is 2. The molecule has 0 spiro atoms. The van der Waals surface area contributed by atoms with Crippen LogP contribution in [0.4, 0.5) is 11.8 Å². The van der Waals surface area contributed by atoms with E-state index in [1.165, 1.54) is 0 Å². The molecular weight excluding hydrogens is 188 g/mol. The average molecular weight is 202 g/mol. The third kappa shape index (κ3) is 1.83. The first-order valence-corrected chi connectivity index (χ1v) is 4.86. The minimum absolute atomic E-state index is 0.317. The smallest absolute Gasteiger partial charge is 0.222 e. The molecule has 1 aliphatic carbocycles. The summed E-state index contributed by atoms with van der Waals surface area (Å²) < 4.78 is 0. The van der Waals surface area contributed by atoms with Crippen molar-refractivity contribution in [1.82, 2.24) is 9.97 Å². The molecule has 1 aromatic rings. The molecule has 0 saturated carbocycles. The fourth-order valence-corrected chi connectivity index (χ4v) is 1.56. The molecule has 0 atom stereocenters. The summed E-state index contributed by atoms with van der Waals surface area (Å²) in [7, 11) is 3.90. The standard InChI is InChI=1S/C11H14N4/c1-15(2)10-8-6-4-3-5-7-9(8)13-11(12)14-10/h4-7H,3H2,1-2H3,(H2,12,13,14). The van der Waals surface area contributed by atoms with Crippen molar-refractivity contribution in [3.8, 4) is 0 Å². The predicted molar refractivity (Wildman–Crippen MR) is 63.5 cm³/mol. The first-order valence-electron chi connectivity index (χ1n) is 4.86. The van der Waals surface area contributed by atoms with E-state index in [1.807, 2.05) is 31.1 Å². The van der Waals surface area contributed by atoms with E-state index in [2.05, 4.69) is 22.1 Å². The lowest BCUT2D eigenvalue weighted by Gasteiger charge is -2.15. The van der Waals surface area contributed by atoms with Crippen molar-refractivity contribution in [1.29, 1.82) is 0 Å². The van der Waals surface area contributed by atoms with E-state index >= 15 is 0 Å². The van der Waals surface area contributed by atoms with Crippen molar-refractivity contribution in [2.75, 3.05) is 24.7 Å². The third-order valence-corrected chi connectivity index (χ3v) is 2.23. The zero-order valence-corrected chi connectivity index (χ0v) is 8.94. The van der Waals surface area contributed by atoms with Gasteiger partial charge < -0.3 is 10.6 Å². The molecule has 78 valence electrons. The molecule has 0 aromatic carbocycles. The van der Waals surface area contributed by atoms with Crippen LogP contribution >= 0.6 is 0 Å². The Morgan fingerprint density at radius 2 is 1.93 bits per heavy atom. The van der Waals surface area contributed by atoms with Gasteiger partial charge in [0.05, 0.1) is 5.69 Å². The molecular formula is C11H14N4. The Morgan fingerprint density at radius 3 is 2.67 bits per heavy atom. The molecule has 0 fully saturated rings. The van der Waals surface area contributed by atoms with Gasteiger partial charge in [0.25, 0.3) is 0 Å². The zero-order valence-electron chi connectivity index (χ0n) is 8.94. The summed E-state index contributed by atoms with van der Waals surface area (Å²) in [4.78, 5) is 10.4. The van der Waals surface area contributed by atoms with Crippen molar-refractivity contribution in [3.63, 3.8) is 0 Å². The highest BCUT2D eigenvalue weighted by Crippen LogP contribution is 2.24. The summed E-state index contributed by atoms with van der Waals surface area (Å²) in [6.45, 7) is 0. The predicted octanol–water partition coefficient (Wildman–Crippen LogP) is 1.55. The normalized spacial score (nSPS) is 13.5. The number of fused-ring (bicyclic) bond motifs is 1. The first-order chi connectivity index (χ1) is 7.18. The van der Waals surface area contributed by atoms with E-state index in [9.17, 15) is 0 Å². The maximum absolute atomic E-state index is 5.66. The molecule has 4 nitrogen and oxygen atoms in total. The number of rotatable bonds is 1. The number of hydrogen-bond donors (Lipinski definition) is 1. The summed E-state index contributed by atoms with van der Waals surface area (Å²) >= 11 is 0. The van der Waals surface area contributed by atoms with Gasteiger partial charge in [-0.05, 0) is 12.5 Å². The molecule has 1 aromatic heterocycles. The van der Waals surface area contributed by atoms with Gasteiger partial charge in [-0.15, -0.1) is 0 Å². The largest absolute Gasteiger partial charge is 0.368 e. The number of allylic oxidation sites excluding steroid dienone is 2. The van der Waals surface area contributed by atoms with Crippen LogP contribution in [-0.4, -0.2) is 24.1 Å². The molecule has 1 heterocycles. The second-order valence-electron chi connectivity index (χ2n) is 3.64. The minimum Gasteiger partial charge on any atom is -0.368 e. The summed E-state index contributed by atoms with van der Waals surface area (Å²) in [5.41, 5.74) is 7.58. The van der Waals surface area contributed by atoms with Crippen molar-refractivity contribution < 1.29 is 0 Å². The molecule has 0 aliphatic heterocycles. The number of hydrogen-bond acceptors (Lipinski definition) is 4. The van der Waals surface area contributed by atoms with Crippen LogP contribution in [0.1, 0.15) is 17.7 Å². The van der Waals surface area contributed by atoms with Gasteiger partial charge in [-0.3, -0.25) is 0 Å². The molecule has 4 heteroatoms. The molecule has 0 unspecified atom stereocenters. The lowest BCUT2D eigenvalue weighted by atomic mass is 10.2. The van der Waals surface area contributed by atoms with Crippen LogP contribution in [0, 0.1) is 0 Å². The molecule has 2 N–H and O–H groups in total. The van der Waals surface area contributed by atoms with E-state index in [4.69, 9.17) is 5.73 Å². The lowest BCUT2D eigenvalue weighted by molar-refractivity contribution is 1.03.